The topological polar surface area (TPSA) is 108 Å². The van der Waals surface area contributed by atoms with Gasteiger partial charge in [-0.2, -0.15) is 0 Å². The summed E-state index contributed by atoms with van der Waals surface area (Å²) in [5.74, 6) is -0.163. The molecule has 0 aliphatic heterocycles. The number of aromatic carboxylic acids is 1. The lowest BCUT2D eigenvalue weighted by atomic mass is 10.2. The first-order valence-corrected chi connectivity index (χ1v) is 7.03. The molecule has 2 rings (SSSR count). The molecule has 7 nitrogen and oxygen atoms in total. The van der Waals surface area contributed by atoms with Gasteiger partial charge in [0, 0.05) is 0 Å². The van der Waals surface area contributed by atoms with Crippen molar-refractivity contribution in [1.82, 2.24) is 0 Å². The summed E-state index contributed by atoms with van der Waals surface area (Å²) in [7, 11) is 0. The molecule has 1 aliphatic rings. The highest BCUT2D eigenvalue weighted by Gasteiger charge is 2.22. The van der Waals surface area contributed by atoms with E-state index in [1.165, 1.54) is 18.2 Å². The summed E-state index contributed by atoms with van der Waals surface area (Å²) in [6.07, 6.45) is 2.22. The van der Waals surface area contributed by atoms with Crippen LogP contribution in [0, 0.1) is 5.92 Å². The average molecular weight is 300 g/mol. The van der Waals surface area contributed by atoms with Crippen LogP contribution < -0.4 is 10.1 Å². The van der Waals surface area contributed by atoms with Gasteiger partial charge in [0.2, 0.25) is 0 Å². The number of hydrogen-bond acceptors (Lipinski definition) is 6. The van der Waals surface area contributed by atoms with Crippen LogP contribution in [0.15, 0.2) is 18.2 Å². The molecule has 0 amide bonds. The van der Waals surface area contributed by atoms with Crippen molar-refractivity contribution >= 4 is 23.0 Å². The second kappa shape index (κ2) is 6.69. The highest BCUT2D eigenvalue weighted by molar-refractivity contribution is 7.74. The van der Waals surface area contributed by atoms with Crippen LogP contribution >= 0.6 is 0 Å². The first kappa shape index (κ1) is 14.8. The van der Waals surface area contributed by atoms with Gasteiger partial charge in [-0.25, -0.2) is 9.00 Å². The molecule has 1 atom stereocenters. The Morgan fingerprint density at radius 2 is 2.25 bits per heavy atom. The van der Waals surface area contributed by atoms with Gasteiger partial charge < -0.3 is 19.7 Å². The number of hydrogen-bond donors (Lipinski definition) is 2. The molecule has 0 spiro atoms. The van der Waals surface area contributed by atoms with Gasteiger partial charge in [0.05, 0.1) is 29.2 Å². The SMILES string of the molecule is O=C(O)c1ccc(NCOS(=O)[O-])c(OCC2CC2)c1. The third kappa shape index (κ3) is 4.48. The molecule has 1 aromatic carbocycles. The van der Waals surface area contributed by atoms with Gasteiger partial charge in [0.15, 0.2) is 0 Å². The predicted octanol–water partition coefficient (Wildman–Crippen LogP) is 1.35. The van der Waals surface area contributed by atoms with Gasteiger partial charge in [0.1, 0.15) is 12.5 Å². The normalized spacial score (nSPS) is 15.7. The molecular formula is C12H14NO6S-. The van der Waals surface area contributed by atoms with Crippen molar-refractivity contribution < 1.29 is 27.6 Å². The van der Waals surface area contributed by atoms with E-state index in [1.54, 1.807) is 0 Å². The Bertz CT molecular complexity index is 517. The number of carboxylic acids is 1. The standard InChI is InChI=1S/C12H15NO6S/c14-12(15)9-3-4-10(13-7-19-20(16)17)11(5-9)18-6-8-1-2-8/h3-5,8,13H,1-2,6-7H2,(H,14,15)(H,16,17)/p-1. The Hall–Kier alpha value is -1.64. The minimum absolute atomic E-state index is 0.106. The first-order chi connectivity index (χ1) is 9.56. The van der Waals surface area contributed by atoms with Crippen molar-refractivity contribution in [1.29, 1.82) is 0 Å². The Morgan fingerprint density at radius 1 is 1.50 bits per heavy atom. The Morgan fingerprint density at radius 3 is 2.85 bits per heavy atom. The summed E-state index contributed by atoms with van der Waals surface area (Å²) in [6, 6.07) is 4.33. The molecular weight excluding hydrogens is 286 g/mol. The number of carbonyl (C=O) groups is 1. The number of benzene rings is 1. The summed E-state index contributed by atoms with van der Waals surface area (Å²) < 4.78 is 30.5. The van der Waals surface area contributed by atoms with E-state index in [2.05, 4.69) is 9.50 Å². The van der Waals surface area contributed by atoms with Crippen molar-refractivity contribution in [3.63, 3.8) is 0 Å². The molecule has 20 heavy (non-hydrogen) atoms. The van der Waals surface area contributed by atoms with Crippen LogP contribution in [-0.4, -0.2) is 33.2 Å². The van der Waals surface area contributed by atoms with Crippen LogP contribution in [0.1, 0.15) is 23.2 Å². The third-order valence-electron chi connectivity index (χ3n) is 2.82. The van der Waals surface area contributed by atoms with Crippen LogP contribution in [0.2, 0.25) is 0 Å². The largest absolute Gasteiger partial charge is 0.750 e. The summed E-state index contributed by atoms with van der Waals surface area (Å²) in [6.45, 7) is 0.272. The average Bonchev–Trinajstić information content (AvgIpc) is 3.20. The van der Waals surface area contributed by atoms with Crippen molar-refractivity contribution in [3.8, 4) is 5.75 Å². The van der Waals surface area contributed by atoms with E-state index < -0.39 is 17.3 Å². The van der Waals surface area contributed by atoms with Gasteiger partial charge >= 0.3 is 5.97 Å². The molecule has 8 heteroatoms. The molecule has 2 N–H and O–H groups in total. The van der Waals surface area contributed by atoms with Crippen LogP contribution in [0.25, 0.3) is 0 Å². The van der Waals surface area contributed by atoms with E-state index in [1.807, 2.05) is 0 Å². The predicted molar refractivity (Wildman–Crippen MR) is 70.1 cm³/mol. The van der Waals surface area contributed by atoms with Crippen LogP contribution in [0.4, 0.5) is 5.69 Å². The molecule has 1 unspecified atom stereocenters. The fraction of sp³-hybridized carbons (Fsp3) is 0.417. The Balaban J connectivity index is 2.05. The summed E-state index contributed by atoms with van der Waals surface area (Å²) in [4.78, 5) is 10.9. The molecule has 110 valence electrons. The third-order valence-corrected chi connectivity index (χ3v) is 3.13. The van der Waals surface area contributed by atoms with E-state index >= 15 is 0 Å². The zero-order valence-electron chi connectivity index (χ0n) is 10.5. The number of carboxylic acid groups (broad SMARTS) is 1. The fourth-order valence-electron chi connectivity index (χ4n) is 1.57. The number of rotatable bonds is 8. The summed E-state index contributed by atoms with van der Waals surface area (Å²) in [5.41, 5.74) is 0.593. The second-order valence-corrected chi connectivity index (χ2v) is 5.06. The highest BCUT2D eigenvalue weighted by atomic mass is 32.2. The van der Waals surface area contributed by atoms with E-state index in [4.69, 9.17) is 9.84 Å². The lowest BCUT2D eigenvalue weighted by Gasteiger charge is -2.14. The fourth-order valence-corrected chi connectivity index (χ4v) is 1.72. The first-order valence-electron chi connectivity index (χ1n) is 6.03. The van der Waals surface area contributed by atoms with E-state index in [-0.39, 0.29) is 12.3 Å². The quantitative estimate of drug-likeness (QED) is 0.551. The molecule has 0 aromatic heterocycles. The van der Waals surface area contributed by atoms with Crippen LogP contribution in [-0.2, 0) is 15.5 Å². The maximum atomic E-state index is 10.9. The molecule has 1 aromatic rings. The second-order valence-electron chi connectivity index (χ2n) is 4.41. The van der Waals surface area contributed by atoms with Gasteiger partial charge in [0.25, 0.3) is 0 Å². The minimum Gasteiger partial charge on any atom is -0.750 e. The smallest absolute Gasteiger partial charge is 0.335 e. The van der Waals surface area contributed by atoms with Crippen molar-refractivity contribution in [2.75, 3.05) is 18.7 Å². The maximum Gasteiger partial charge on any atom is 0.335 e. The lowest BCUT2D eigenvalue weighted by Crippen LogP contribution is -2.10. The summed E-state index contributed by atoms with van der Waals surface area (Å²) in [5, 5.41) is 11.7. The van der Waals surface area contributed by atoms with E-state index in [9.17, 15) is 13.6 Å². The summed E-state index contributed by atoms with van der Waals surface area (Å²) >= 11 is -2.61. The van der Waals surface area contributed by atoms with Crippen molar-refractivity contribution in [2.24, 2.45) is 5.92 Å². The lowest BCUT2D eigenvalue weighted by molar-refractivity contribution is 0.0696. The highest BCUT2D eigenvalue weighted by Crippen LogP contribution is 2.32. The molecule has 0 bridgehead atoms. The number of ether oxygens (including phenoxy) is 1. The molecule has 1 saturated carbocycles. The minimum atomic E-state index is -2.61. The van der Waals surface area contributed by atoms with Gasteiger partial charge in [-0.15, -0.1) is 0 Å². The van der Waals surface area contributed by atoms with Gasteiger partial charge in [-0.05, 0) is 37.0 Å². The van der Waals surface area contributed by atoms with Crippen LogP contribution in [0.5, 0.6) is 5.75 Å². The van der Waals surface area contributed by atoms with Gasteiger partial charge in [-0.1, -0.05) is 0 Å². The molecule has 0 heterocycles. The molecule has 1 fully saturated rings. The Labute approximate surface area is 118 Å². The number of nitrogens with one attached hydrogen (secondary N) is 1. The van der Waals surface area contributed by atoms with Crippen molar-refractivity contribution in [2.45, 2.75) is 12.8 Å². The monoisotopic (exact) mass is 300 g/mol. The van der Waals surface area contributed by atoms with Crippen molar-refractivity contribution in [3.05, 3.63) is 23.8 Å². The zero-order valence-corrected chi connectivity index (χ0v) is 11.4. The Kier molecular flexibility index (Phi) is 4.94. The molecule has 0 saturated heterocycles. The maximum absolute atomic E-state index is 10.9. The zero-order chi connectivity index (χ0) is 14.5. The number of anilines is 1. The van der Waals surface area contributed by atoms with Crippen LogP contribution in [0.3, 0.4) is 0 Å². The molecule has 1 aliphatic carbocycles. The van der Waals surface area contributed by atoms with E-state index in [0.717, 1.165) is 12.8 Å². The molecule has 0 radical (unpaired) electrons. The van der Waals surface area contributed by atoms with Gasteiger partial charge in [-0.3, -0.25) is 4.18 Å². The van der Waals surface area contributed by atoms with E-state index in [0.29, 0.717) is 24.0 Å².